The van der Waals surface area contributed by atoms with E-state index in [1.807, 2.05) is 0 Å². The summed E-state index contributed by atoms with van der Waals surface area (Å²) in [4.78, 5) is 35.6. The summed E-state index contributed by atoms with van der Waals surface area (Å²) in [6.07, 6.45) is 0. The van der Waals surface area contributed by atoms with Gasteiger partial charge in [-0.15, -0.1) is 0 Å². The molecule has 0 radical (unpaired) electrons. The monoisotopic (exact) mass is 370 g/mol. The first-order chi connectivity index (χ1) is 11.7. The maximum Gasteiger partial charge on any atom is 0.345 e. The number of aryl methyl sites for hydroxylation is 1. The van der Waals surface area contributed by atoms with E-state index < -0.39 is 44.6 Å². The third-order valence-corrected chi connectivity index (χ3v) is 4.89. The second-order valence-electron chi connectivity index (χ2n) is 4.90. The molecule has 0 aliphatic carbocycles. The third kappa shape index (κ3) is 4.90. The fourth-order valence-corrected chi connectivity index (χ4v) is 3.27. The molecule has 0 N–H and O–H groups in total. The molecule has 0 bridgehead atoms. The predicted octanol–water partition coefficient (Wildman–Crippen LogP) is 0.584. The van der Waals surface area contributed by atoms with Crippen LogP contribution in [0.4, 0.5) is 0 Å². The zero-order chi connectivity index (χ0) is 19.2. The summed E-state index contributed by atoms with van der Waals surface area (Å²) in [7, 11) is -1.08. The van der Waals surface area contributed by atoms with Crippen molar-refractivity contribution < 1.29 is 37.0 Å². The Labute approximate surface area is 145 Å². The van der Waals surface area contributed by atoms with Gasteiger partial charge < -0.3 is 14.2 Å². The van der Waals surface area contributed by atoms with Crippen LogP contribution in [0.1, 0.15) is 5.56 Å². The minimum absolute atomic E-state index is 0.0754. The average molecular weight is 370 g/mol. The zero-order valence-corrected chi connectivity index (χ0v) is 15.0. The number of methoxy groups -OCH3 is 3. The molecule has 1 aromatic carbocycles. The minimum Gasteiger partial charge on any atom is -0.466 e. The minimum atomic E-state index is -4.03. The topological polar surface area (TPSA) is 113 Å². The van der Waals surface area contributed by atoms with Gasteiger partial charge in [0.05, 0.1) is 37.6 Å². The van der Waals surface area contributed by atoms with Crippen molar-refractivity contribution in [2.45, 2.75) is 11.8 Å². The number of ether oxygens (including phenoxy) is 3. The first-order valence-electron chi connectivity index (χ1n) is 6.95. The largest absolute Gasteiger partial charge is 0.466 e. The van der Waals surface area contributed by atoms with Gasteiger partial charge in [0, 0.05) is 0 Å². The molecule has 9 heteroatoms. The Kier molecular flexibility index (Phi) is 6.86. The molecule has 8 nitrogen and oxygen atoms in total. The van der Waals surface area contributed by atoms with Crippen molar-refractivity contribution in [2.75, 3.05) is 27.1 Å². The summed E-state index contributed by atoms with van der Waals surface area (Å²) in [5.41, 5.74) is -0.651. The standard InChI is InChI=1S/C16H18O8S/c1-10-5-7-11(8-6-10)25(20,21)9-12(14(17)22-2)13(15(18)23-3)16(19)24-4/h5-8H,9H2,1-4H3. The van der Waals surface area contributed by atoms with E-state index in [1.54, 1.807) is 19.1 Å². The van der Waals surface area contributed by atoms with Crippen molar-refractivity contribution in [2.24, 2.45) is 0 Å². The highest BCUT2D eigenvalue weighted by Gasteiger charge is 2.33. The van der Waals surface area contributed by atoms with Crippen LogP contribution in [0.2, 0.25) is 0 Å². The SMILES string of the molecule is COC(=O)C(CS(=O)(=O)c1ccc(C)cc1)=C(C(=O)OC)C(=O)OC. The number of carbonyl (C=O) groups is 3. The summed E-state index contributed by atoms with van der Waals surface area (Å²) in [6.45, 7) is 1.78. The van der Waals surface area contributed by atoms with Gasteiger partial charge in [-0.05, 0) is 19.1 Å². The van der Waals surface area contributed by atoms with Gasteiger partial charge in [-0.25, -0.2) is 22.8 Å². The summed E-state index contributed by atoms with van der Waals surface area (Å²) in [5, 5.41) is 0. The molecule has 0 saturated heterocycles. The first kappa shape index (κ1) is 20.4. The lowest BCUT2D eigenvalue weighted by molar-refractivity contribution is -0.145. The van der Waals surface area contributed by atoms with Crippen LogP contribution in [0, 0.1) is 6.92 Å². The molecule has 0 amide bonds. The van der Waals surface area contributed by atoms with Gasteiger partial charge in [-0.1, -0.05) is 17.7 Å². The normalized spacial score (nSPS) is 10.6. The molecule has 0 atom stereocenters. The molecular formula is C16H18O8S. The molecule has 0 fully saturated rings. The Morgan fingerprint density at radius 2 is 1.28 bits per heavy atom. The molecule has 0 heterocycles. The van der Waals surface area contributed by atoms with Crippen LogP contribution in [-0.2, 0) is 38.4 Å². The molecular weight excluding hydrogens is 352 g/mol. The maximum absolute atomic E-state index is 12.6. The smallest absolute Gasteiger partial charge is 0.345 e. The molecule has 0 saturated carbocycles. The summed E-state index contributed by atoms with van der Waals surface area (Å²) < 4.78 is 38.5. The zero-order valence-electron chi connectivity index (χ0n) is 14.2. The van der Waals surface area contributed by atoms with Crippen LogP contribution in [0.25, 0.3) is 0 Å². The van der Waals surface area contributed by atoms with Crippen LogP contribution in [-0.4, -0.2) is 53.4 Å². The number of hydrogen-bond donors (Lipinski definition) is 0. The highest BCUT2D eigenvalue weighted by molar-refractivity contribution is 7.91. The van der Waals surface area contributed by atoms with Crippen molar-refractivity contribution in [1.82, 2.24) is 0 Å². The van der Waals surface area contributed by atoms with Crippen molar-refractivity contribution in [3.05, 3.63) is 41.0 Å². The summed E-state index contributed by atoms with van der Waals surface area (Å²) in [5.74, 6) is -4.48. The van der Waals surface area contributed by atoms with E-state index in [-0.39, 0.29) is 4.90 Å². The number of hydrogen-bond acceptors (Lipinski definition) is 8. The number of benzene rings is 1. The molecule has 0 unspecified atom stereocenters. The van der Waals surface area contributed by atoms with Crippen molar-refractivity contribution in [3.8, 4) is 0 Å². The van der Waals surface area contributed by atoms with E-state index in [0.717, 1.165) is 26.9 Å². The maximum atomic E-state index is 12.6. The number of esters is 3. The highest BCUT2D eigenvalue weighted by Crippen LogP contribution is 2.19. The number of carbonyl (C=O) groups excluding carboxylic acids is 3. The highest BCUT2D eigenvalue weighted by atomic mass is 32.2. The third-order valence-electron chi connectivity index (χ3n) is 3.23. The number of rotatable bonds is 6. The van der Waals surface area contributed by atoms with Gasteiger partial charge in [0.2, 0.25) is 0 Å². The fraction of sp³-hybridized carbons (Fsp3) is 0.312. The Morgan fingerprint density at radius 1 is 0.840 bits per heavy atom. The molecule has 0 aliphatic rings. The Bertz CT molecular complexity index is 785. The molecule has 1 aromatic rings. The van der Waals surface area contributed by atoms with Crippen LogP contribution in [0.5, 0.6) is 0 Å². The molecule has 1 rings (SSSR count). The molecule has 25 heavy (non-hydrogen) atoms. The van der Waals surface area contributed by atoms with E-state index in [9.17, 15) is 22.8 Å². The lowest BCUT2D eigenvalue weighted by atomic mass is 10.1. The van der Waals surface area contributed by atoms with Crippen LogP contribution in [0.3, 0.4) is 0 Å². The molecule has 0 aromatic heterocycles. The van der Waals surface area contributed by atoms with Crippen LogP contribution >= 0.6 is 0 Å². The Hall–Kier alpha value is -2.68. The summed E-state index contributed by atoms with van der Waals surface area (Å²) in [6, 6.07) is 5.87. The molecule has 136 valence electrons. The molecule has 0 spiro atoms. The summed E-state index contributed by atoms with van der Waals surface area (Å²) >= 11 is 0. The second kappa shape index (κ2) is 8.43. The van der Waals surface area contributed by atoms with Crippen LogP contribution < -0.4 is 0 Å². The molecule has 0 aliphatic heterocycles. The van der Waals surface area contributed by atoms with E-state index in [4.69, 9.17) is 0 Å². The van der Waals surface area contributed by atoms with Gasteiger partial charge >= 0.3 is 17.9 Å². The Balaban J connectivity index is 3.51. The van der Waals surface area contributed by atoms with Gasteiger partial charge in [0.25, 0.3) is 0 Å². The van der Waals surface area contributed by atoms with Gasteiger partial charge in [-0.2, -0.15) is 0 Å². The fourth-order valence-electron chi connectivity index (χ4n) is 1.91. The first-order valence-corrected chi connectivity index (χ1v) is 8.60. The predicted molar refractivity (Wildman–Crippen MR) is 86.3 cm³/mol. The van der Waals surface area contributed by atoms with Crippen molar-refractivity contribution in [3.63, 3.8) is 0 Å². The van der Waals surface area contributed by atoms with E-state index in [1.165, 1.54) is 12.1 Å². The van der Waals surface area contributed by atoms with Gasteiger partial charge in [-0.3, -0.25) is 0 Å². The quantitative estimate of drug-likeness (QED) is 0.235. The second-order valence-corrected chi connectivity index (χ2v) is 6.89. The van der Waals surface area contributed by atoms with E-state index in [0.29, 0.717) is 0 Å². The van der Waals surface area contributed by atoms with Crippen LogP contribution in [0.15, 0.2) is 40.3 Å². The lowest BCUT2D eigenvalue weighted by Gasteiger charge is -2.12. The Morgan fingerprint density at radius 3 is 1.68 bits per heavy atom. The number of sulfone groups is 1. The van der Waals surface area contributed by atoms with E-state index in [2.05, 4.69) is 14.2 Å². The lowest BCUT2D eigenvalue weighted by Crippen LogP contribution is -2.26. The van der Waals surface area contributed by atoms with Crippen molar-refractivity contribution in [1.29, 1.82) is 0 Å². The van der Waals surface area contributed by atoms with Crippen molar-refractivity contribution >= 4 is 27.7 Å². The van der Waals surface area contributed by atoms with Gasteiger partial charge in [0.15, 0.2) is 15.4 Å². The average Bonchev–Trinajstić information content (AvgIpc) is 2.60. The van der Waals surface area contributed by atoms with Gasteiger partial charge in [0.1, 0.15) is 0 Å². The van der Waals surface area contributed by atoms with E-state index >= 15 is 0 Å².